The molecule has 1 N–H and O–H groups in total. The molecule has 1 heteroatoms. The van der Waals surface area contributed by atoms with Crippen molar-refractivity contribution in [3.63, 3.8) is 0 Å². The average molecular weight is 168 g/mol. The lowest BCUT2D eigenvalue weighted by Crippen LogP contribution is -2.12. The van der Waals surface area contributed by atoms with Crippen molar-refractivity contribution in [1.29, 1.82) is 0 Å². The maximum absolute atomic E-state index is 9.72. The van der Waals surface area contributed by atoms with E-state index in [1.807, 2.05) is 6.08 Å². The molecule has 0 aromatic rings. The van der Waals surface area contributed by atoms with Crippen molar-refractivity contribution in [3.05, 3.63) is 12.7 Å². The van der Waals surface area contributed by atoms with Crippen LogP contribution in [0, 0.1) is 11.3 Å². The second-order valence-corrected chi connectivity index (χ2v) is 4.59. The topological polar surface area (TPSA) is 20.2 Å². The summed E-state index contributed by atoms with van der Waals surface area (Å²) < 4.78 is 0. The fourth-order valence-electron chi connectivity index (χ4n) is 1.84. The molecule has 0 amide bonds. The SMILES string of the molecule is C=CCCCC(O)C1CC1(C)C. The van der Waals surface area contributed by atoms with Crippen LogP contribution in [0.25, 0.3) is 0 Å². The molecule has 0 radical (unpaired) electrons. The van der Waals surface area contributed by atoms with Gasteiger partial charge in [0.2, 0.25) is 0 Å². The Morgan fingerprint density at radius 3 is 2.67 bits per heavy atom. The molecule has 0 aromatic carbocycles. The van der Waals surface area contributed by atoms with Gasteiger partial charge in [-0.05, 0) is 37.0 Å². The predicted molar refractivity (Wildman–Crippen MR) is 51.9 cm³/mol. The summed E-state index contributed by atoms with van der Waals surface area (Å²) in [6.07, 6.45) is 6.11. The Morgan fingerprint density at radius 1 is 1.67 bits per heavy atom. The fourth-order valence-corrected chi connectivity index (χ4v) is 1.84. The van der Waals surface area contributed by atoms with Crippen LogP contribution in [0.1, 0.15) is 39.5 Å². The van der Waals surface area contributed by atoms with Gasteiger partial charge in [0.25, 0.3) is 0 Å². The highest BCUT2D eigenvalue weighted by Crippen LogP contribution is 2.54. The number of hydrogen-bond acceptors (Lipinski definition) is 1. The molecule has 0 aromatic heterocycles. The highest BCUT2D eigenvalue weighted by atomic mass is 16.3. The smallest absolute Gasteiger partial charge is 0.0573 e. The van der Waals surface area contributed by atoms with Gasteiger partial charge in [-0.15, -0.1) is 6.58 Å². The molecule has 1 aliphatic rings. The zero-order valence-corrected chi connectivity index (χ0v) is 8.21. The molecular weight excluding hydrogens is 148 g/mol. The van der Waals surface area contributed by atoms with Crippen LogP contribution >= 0.6 is 0 Å². The van der Waals surface area contributed by atoms with Gasteiger partial charge in [0.05, 0.1) is 6.10 Å². The molecule has 1 saturated carbocycles. The van der Waals surface area contributed by atoms with Crippen LogP contribution in [0.15, 0.2) is 12.7 Å². The molecule has 1 fully saturated rings. The van der Waals surface area contributed by atoms with E-state index in [1.165, 1.54) is 6.42 Å². The highest BCUT2D eigenvalue weighted by molar-refractivity contribution is 4.98. The molecule has 1 aliphatic carbocycles. The number of unbranched alkanes of at least 4 members (excludes halogenated alkanes) is 1. The minimum Gasteiger partial charge on any atom is -0.393 e. The van der Waals surface area contributed by atoms with Crippen LogP contribution in [-0.4, -0.2) is 11.2 Å². The zero-order valence-electron chi connectivity index (χ0n) is 8.21. The van der Waals surface area contributed by atoms with Crippen molar-refractivity contribution in [3.8, 4) is 0 Å². The van der Waals surface area contributed by atoms with Crippen molar-refractivity contribution >= 4 is 0 Å². The summed E-state index contributed by atoms with van der Waals surface area (Å²) in [6, 6.07) is 0. The van der Waals surface area contributed by atoms with Crippen LogP contribution < -0.4 is 0 Å². The van der Waals surface area contributed by atoms with Crippen molar-refractivity contribution in [2.75, 3.05) is 0 Å². The minimum absolute atomic E-state index is 0.0695. The zero-order chi connectivity index (χ0) is 9.19. The Balaban J connectivity index is 2.13. The summed E-state index contributed by atoms with van der Waals surface area (Å²) in [5.74, 6) is 0.558. The van der Waals surface area contributed by atoms with E-state index in [1.54, 1.807) is 0 Å². The third-order valence-corrected chi connectivity index (χ3v) is 2.96. The van der Waals surface area contributed by atoms with Gasteiger partial charge >= 0.3 is 0 Å². The second-order valence-electron chi connectivity index (χ2n) is 4.59. The quantitative estimate of drug-likeness (QED) is 0.494. The molecule has 70 valence electrons. The molecule has 0 aliphatic heterocycles. The van der Waals surface area contributed by atoms with E-state index >= 15 is 0 Å². The van der Waals surface area contributed by atoms with E-state index in [0.717, 1.165) is 19.3 Å². The van der Waals surface area contributed by atoms with Crippen molar-refractivity contribution < 1.29 is 5.11 Å². The Morgan fingerprint density at radius 2 is 2.25 bits per heavy atom. The molecule has 2 unspecified atom stereocenters. The van der Waals surface area contributed by atoms with Crippen LogP contribution in [0.4, 0.5) is 0 Å². The van der Waals surface area contributed by atoms with Gasteiger partial charge in [-0.1, -0.05) is 19.9 Å². The summed E-state index contributed by atoms with van der Waals surface area (Å²) in [7, 11) is 0. The number of aliphatic hydroxyl groups is 1. The lowest BCUT2D eigenvalue weighted by molar-refractivity contribution is 0.125. The first-order chi connectivity index (χ1) is 5.58. The highest BCUT2D eigenvalue weighted by Gasteiger charge is 2.49. The molecule has 0 bridgehead atoms. The van der Waals surface area contributed by atoms with Gasteiger partial charge in [0.15, 0.2) is 0 Å². The van der Waals surface area contributed by atoms with Crippen molar-refractivity contribution in [2.24, 2.45) is 11.3 Å². The maximum atomic E-state index is 9.72. The molecular formula is C11H20O. The fraction of sp³-hybridized carbons (Fsp3) is 0.818. The standard InChI is InChI=1S/C11H20O/c1-4-5-6-7-10(12)9-8-11(9,2)3/h4,9-10,12H,1,5-8H2,2-3H3. The van der Waals surface area contributed by atoms with E-state index in [0.29, 0.717) is 11.3 Å². The lowest BCUT2D eigenvalue weighted by atomic mass is 10.0. The molecule has 0 spiro atoms. The first-order valence-electron chi connectivity index (χ1n) is 4.87. The van der Waals surface area contributed by atoms with Gasteiger partial charge in [0, 0.05) is 0 Å². The molecule has 0 heterocycles. The summed E-state index contributed by atoms with van der Waals surface area (Å²) in [5, 5.41) is 9.72. The Kier molecular flexibility index (Phi) is 2.94. The monoisotopic (exact) mass is 168 g/mol. The van der Waals surface area contributed by atoms with E-state index < -0.39 is 0 Å². The normalized spacial score (nSPS) is 28.1. The average Bonchev–Trinajstić information content (AvgIpc) is 2.60. The second kappa shape index (κ2) is 3.61. The largest absolute Gasteiger partial charge is 0.393 e. The third-order valence-electron chi connectivity index (χ3n) is 2.96. The minimum atomic E-state index is -0.0695. The Labute approximate surface area is 75.5 Å². The maximum Gasteiger partial charge on any atom is 0.0573 e. The number of allylic oxidation sites excluding steroid dienone is 1. The van der Waals surface area contributed by atoms with Crippen LogP contribution in [0.3, 0.4) is 0 Å². The number of hydrogen-bond donors (Lipinski definition) is 1. The molecule has 1 rings (SSSR count). The first-order valence-corrected chi connectivity index (χ1v) is 4.87. The number of rotatable bonds is 5. The summed E-state index contributed by atoms with van der Waals surface area (Å²) in [5.41, 5.74) is 0.410. The van der Waals surface area contributed by atoms with Gasteiger partial charge in [-0.3, -0.25) is 0 Å². The van der Waals surface area contributed by atoms with Crippen molar-refractivity contribution in [2.45, 2.75) is 45.6 Å². The molecule has 1 nitrogen and oxygen atoms in total. The first kappa shape index (κ1) is 9.79. The van der Waals surface area contributed by atoms with Gasteiger partial charge < -0.3 is 5.11 Å². The van der Waals surface area contributed by atoms with E-state index in [9.17, 15) is 5.11 Å². The third kappa shape index (κ3) is 2.34. The predicted octanol–water partition coefficient (Wildman–Crippen LogP) is 2.75. The van der Waals surface area contributed by atoms with Gasteiger partial charge in [0.1, 0.15) is 0 Å². The van der Waals surface area contributed by atoms with Crippen LogP contribution in [-0.2, 0) is 0 Å². The Hall–Kier alpha value is -0.300. The molecule has 12 heavy (non-hydrogen) atoms. The van der Waals surface area contributed by atoms with Crippen molar-refractivity contribution in [1.82, 2.24) is 0 Å². The van der Waals surface area contributed by atoms with E-state index in [2.05, 4.69) is 20.4 Å². The van der Waals surface area contributed by atoms with Crippen LogP contribution in [0.2, 0.25) is 0 Å². The summed E-state index contributed by atoms with van der Waals surface area (Å²) in [6.45, 7) is 8.13. The molecule has 2 atom stereocenters. The lowest BCUT2D eigenvalue weighted by Gasteiger charge is -2.11. The van der Waals surface area contributed by atoms with E-state index in [-0.39, 0.29) is 6.10 Å². The summed E-state index contributed by atoms with van der Waals surface area (Å²) in [4.78, 5) is 0. The van der Waals surface area contributed by atoms with E-state index in [4.69, 9.17) is 0 Å². The Bertz CT molecular complexity index is 160. The van der Waals surface area contributed by atoms with Gasteiger partial charge in [-0.2, -0.15) is 0 Å². The summed E-state index contributed by atoms with van der Waals surface area (Å²) >= 11 is 0. The number of aliphatic hydroxyl groups excluding tert-OH is 1. The van der Waals surface area contributed by atoms with Gasteiger partial charge in [-0.25, -0.2) is 0 Å². The molecule has 0 saturated heterocycles. The van der Waals surface area contributed by atoms with Crippen LogP contribution in [0.5, 0.6) is 0 Å².